The van der Waals surface area contributed by atoms with Crippen LogP contribution in [-0.2, 0) is 6.54 Å². The second kappa shape index (κ2) is 5.19. The van der Waals surface area contributed by atoms with Crippen LogP contribution in [0.2, 0.25) is 0 Å². The van der Waals surface area contributed by atoms with Crippen LogP contribution in [0.15, 0.2) is 47.2 Å². The normalized spacial score (nSPS) is 10.2. The molecule has 1 aromatic heterocycles. The molecule has 0 aliphatic rings. The summed E-state index contributed by atoms with van der Waals surface area (Å²) in [6.07, 6.45) is 3.43. The van der Waals surface area contributed by atoms with E-state index in [2.05, 4.69) is 37.9 Å². The first-order valence-electron chi connectivity index (χ1n) is 5.32. The second-order valence-electron chi connectivity index (χ2n) is 3.90. The summed E-state index contributed by atoms with van der Waals surface area (Å²) in [5.74, 6) is 0. The first-order valence-corrected chi connectivity index (χ1v) is 6.12. The van der Waals surface area contributed by atoms with E-state index in [0.29, 0.717) is 5.69 Å². The van der Waals surface area contributed by atoms with E-state index in [1.54, 1.807) is 12.4 Å². The maximum atomic E-state index is 5.94. The van der Waals surface area contributed by atoms with Gasteiger partial charge < -0.3 is 10.6 Å². The first kappa shape index (κ1) is 11.9. The van der Waals surface area contributed by atoms with Crippen molar-refractivity contribution in [1.82, 2.24) is 4.98 Å². The van der Waals surface area contributed by atoms with Crippen LogP contribution in [0.3, 0.4) is 0 Å². The van der Waals surface area contributed by atoms with Gasteiger partial charge in [0.25, 0.3) is 0 Å². The summed E-state index contributed by atoms with van der Waals surface area (Å²) in [5, 5.41) is 0. The molecule has 0 bridgehead atoms. The molecule has 0 aliphatic heterocycles. The molecular formula is C13H14BrN3. The van der Waals surface area contributed by atoms with Crippen LogP contribution in [0.5, 0.6) is 0 Å². The minimum atomic E-state index is 0.679. The van der Waals surface area contributed by atoms with Crippen molar-refractivity contribution in [2.75, 3.05) is 17.7 Å². The van der Waals surface area contributed by atoms with E-state index in [-0.39, 0.29) is 0 Å². The van der Waals surface area contributed by atoms with Gasteiger partial charge in [-0.1, -0.05) is 30.3 Å². The Kier molecular flexibility index (Phi) is 3.64. The average molecular weight is 292 g/mol. The van der Waals surface area contributed by atoms with Crippen molar-refractivity contribution in [1.29, 1.82) is 0 Å². The fourth-order valence-corrected chi connectivity index (χ4v) is 2.43. The SMILES string of the molecule is CN(Cc1ccccc1)c1c(N)cncc1Br. The zero-order valence-corrected chi connectivity index (χ0v) is 11.2. The predicted molar refractivity (Wildman–Crippen MR) is 74.9 cm³/mol. The highest BCUT2D eigenvalue weighted by atomic mass is 79.9. The largest absolute Gasteiger partial charge is 0.396 e. The summed E-state index contributed by atoms with van der Waals surface area (Å²) < 4.78 is 0.913. The maximum absolute atomic E-state index is 5.94. The summed E-state index contributed by atoms with van der Waals surface area (Å²) in [6, 6.07) is 10.3. The van der Waals surface area contributed by atoms with E-state index in [4.69, 9.17) is 5.73 Å². The smallest absolute Gasteiger partial charge is 0.0776 e. The van der Waals surface area contributed by atoms with Gasteiger partial charge in [-0.3, -0.25) is 4.98 Å². The minimum absolute atomic E-state index is 0.679. The molecule has 0 unspecified atom stereocenters. The van der Waals surface area contributed by atoms with Gasteiger partial charge >= 0.3 is 0 Å². The third kappa shape index (κ3) is 2.77. The Morgan fingerprint density at radius 1 is 1.24 bits per heavy atom. The zero-order valence-electron chi connectivity index (χ0n) is 9.60. The van der Waals surface area contributed by atoms with Gasteiger partial charge in [-0.2, -0.15) is 0 Å². The number of hydrogen-bond acceptors (Lipinski definition) is 3. The Labute approximate surface area is 109 Å². The number of nitrogens with zero attached hydrogens (tertiary/aromatic N) is 2. The Morgan fingerprint density at radius 3 is 2.59 bits per heavy atom. The fourth-order valence-electron chi connectivity index (χ4n) is 1.78. The number of rotatable bonds is 3. The number of aromatic nitrogens is 1. The molecule has 3 nitrogen and oxygen atoms in total. The van der Waals surface area contributed by atoms with Crippen molar-refractivity contribution in [3.8, 4) is 0 Å². The molecule has 17 heavy (non-hydrogen) atoms. The van der Waals surface area contributed by atoms with Crippen LogP contribution in [0, 0.1) is 0 Å². The summed E-state index contributed by atoms with van der Waals surface area (Å²) in [7, 11) is 2.02. The van der Waals surface area contributed by atoms with Crippen molar-refractivity contribution in [2.45, 2.75) is 6.54 Å². The summed E-state index contributed by atoms with van der Waals surface area (Å²) in [6.45, 7) is 0.813. The van der Waals surface area contributed by atoms with Crippen LogP contribution in [-0.4, -0.2) is 12.0 Å². The lowest BCUT2D eigenvalue weighted by molar-refractivity contribution is 0.919. The summed E-state index contributed by atoms with van der Waals surface area (Å²) >= 11 is 3.48. The quantitative estimate of drug-likeness (QED) is 0.945. The van der Waals surface area contributed by atoms with Gasteiger partial charge in [0.2, 0.25) is 0 Å². The molecule has 0 saturated heterocycles. The van der Waals surface area contributed by atoms with Crippen LogP contribution in [0.1, 0.15) is 5.56 Å². The lowest BCUT2D eigenvalue weighted by Crippen LogP contribution is -2.18. The van der Waals surface area contributed by atoms with Gasteiger partial charge in [-0.25, -0.2) is 0 Å². The molecule has 1 aromatic carbocycles. The van der Waals surface area contributed by atoms with E-state index in [1.165, 1.54) is 5.56 Å². The Morgan fingerprint density at radius 2 is 1.94 bits per heavy atom. The number of anilines is 2. The fraction of sp³-hybridized carbons (Fsp3) is 0.154. The number of nitrogens with two attached hydrogens (primary N) is 1. The topological polar surface area (TPSA) is 42.1 Å². The molecular weight excluding hydrogens is 278 g/mol. The van der Waals surface area contributed by atoms with Gasteiger partial charge in [-0.05, 0) is 21.5 Å². The molecule has 88 valence electrons. The molecule has 0 aliphatic carbocycles. The number of halogens is 1. The van der Waals surface area contributed by atoms with Crippen molar-refractivity contribution < 1.29 is 0 Å². The lowest BCUT2D eigenvalue weighted by Gasteiger charge is -2.22. The van der Waals surface area contributed by atoms with Gasteiger partial charge in [0, 0.05) is 19.8 Å². The highest BCUT2D eigenvalue weighted by molar-refractivity contribution is 9.10. The standard InChI is InChI=1S/C13H14BrN3/c1-17(9-10-5-3-2-4-6-10)13-11(14)7-16-8-12(13)15/h2-8H,9,15H2,1H3. The molecule has 0 amide bonds. The Hall–Kier alpha value is -1.55. The molecule has 2 N–H and O–H groups in total. The van der Waals surface area contributed by atoms with Gasteiger partial charge in [0.15, 0.2) is 0 Å². The van der Waals surface area contributed by atoms with Crippen molar-refractivity contribution in [3.63, 3.8) is 0 Å². The molecule has 0 fully saturated rings. The number of benzene rings is 1. The Bertz CT molecular complexity index is 479. The molecule has 4 heteroatoms. The third-order valence-electron chi connectivity index (χ3n) is 2.55. The predicted octanol–water partition coefficient (Wildman–Crippen LogP) is 3.06. The van der Waals surface area contributed by atoms with Gasteiger partial charge in [-0.15, -0.1) is 0 Å². The van der Waals surface area contributed by atoms with Crippen LogP contribution in [0.25, 0.3) is 0 Å². The van der Waals surface area contributed by atoms with Crippen LogP contribution < -0.4 is 10.6 Å². The second-order valence-corrected chi connectivity index (χ2v) is 4.76. The van der Waals surface area contributed by atoms with Crippen LogP contribution in [0.4, 0.5) is 11.4 Å². The monoisotopic (exact) mass is 291 g/mol. The van der Waals surface area contributed by atoms with E-state index in [1.807, 2.05) is 25.2 Å². The first-order chi connectivity index (χ1) is 8.18. The molecule has 0 saturated carbocycles. The summed E-state index contributed by atoms with van der Waals surface area (Å²) in [5.41, 5.74) is 8.84. The van der Waals surface area contributed by atoms with Crippen molar-refractivity contribution in [3.05, 3.63) is 52.8 Å². The average Bonchev–Trinajstić information content (AvgIpc) is 2.30. The van der Waals surface area contributed by atoms with E-state index >= 15 is 0 Å². The summed E-state index contributed by atoms with van der Waals surface area (Å²) in [4.78, 5) is 6.14. The highest BCUT2D eigenvalue weighted by Crippen LogP contribution is 2.31. The number of hydrogen-bond donors (Lipinski definition) is 1. The van der Waals surface area contributed by atoms with E-state index in [9.17, 15) is 0 Å². The minimum Gasteiger partial charge on any atom is -0.396 e. The Balaban J connectivity index is 2.23. The molecule has 1 heterocycles. The third-order valence-corrected chi connectivity index (χ3v) is 3.13. The lowest BCUT2D eigenvalue weighted by atomic mass is 10.2. The van der Waals surface area contributed by atoms with Crippen molar-refractivity contribution in [2.24, 2.45) is 0 Å². The molecule has 0 radical (unpaired) electrons. The van der Waals surface area contributed by atoms with Crippen molar-refractivity contribution >= 4 is 27.3 Å². The van der Waals surface area contributed by atoms with Crippen LogP contribution >= 0.6 is 15.9 Å². The van der Waals surface area contributed by atoms with Gasteiger partial charge in [0.1, 0.15) is 0 Å². The van der Waals surface area contributed by atoms with E-state index < -0.39 is 0 Å². The van der Waals surface area contributed by atoms with Gasteiger partial charge in [0.05, 0.1) is 22.0 Å². The number of pyridine rings is 1. The number of nitrogen functional groups attached to an aromatic ring is 1. The van der Waals surface area contributed by atoms with E-state index in [0.717, 1.165) is 16.7 Å². The maximum Gasteiger partial charge on any atom is 0.0776 e. The molecule has 0 atom stereocenters. The molecule has 2 aromatic rings. The highest BCUT2D eigenvalue weighted by Gasteiger charge is 2.10. The molecule has 2 rings (SSSR count). The zero-order chi connectivity index (χ0) is 12.3. The molecule has 0 spiro atoms.